The van der Waals surface area contributed by atoms with E-state index in [1.165, 1.54) is 21.4 Å². The number of nitrogens with one attached hydrogen (secondary N) is 1. The fourth-order valence-corrected chi connectivity index (χ4v) is 8.65. The highest BCUT2D eigenvalue weighted by atomic mass is 32.2. The van der Waals surface area contributed by atoms with Crippen LogP contribution in [0.3, 0.4) is 0 Å². The van der Waals surface area contributed by atoms with Crippen molar-refractivity contribution < 1.29 is 13.0 Å². The van der Waals surface area contributed by atoms with Gasteiger partial charge in [0.25, 0.3) is 0 Å². The fraction of sp³-hybridized carbons (Fsp3) is 0.333. The van der Waals surface area contributed by atoms with Crippen LogP contribution in [0.2, 0.25) is 0 Å². The average Bonchev–Trinajstić information content (AvgIpc) is 3.63. The van der Waals surface area contributed by atoms with Gasteiger partial charge in [0.1, 0.15) is 11.6 Å². The maximum absolute atomic E-state index is 16.1. The number of fused-ring (bicyclic) bond motifs is 2. The quantitative estimate of drug-likeness (QED) is 0.358. The van der Waals surface area contributed by atoms with Crippen molar-refractivity contribution in [2.24, 2.45) is 4.36 Å². The Morgan fingerprint density at radius 3 is 2.44 bits per heavy atom. The van der Waals surface area contributed by atoms with E-state index in [2.05, 4.69) is 9.68 Å². The van der Waals surface area contributed by atoms with Crippen LogP contribution < -0.4 is 11.0 Å². The predicted molar refractivity (Wildman–Crippen MR) is 154 cm³/mol. The third kappa shape index (κ3) is 3.89. The lowest BCUT2D eigenvalue weighted by Crippen LogP contribution is -2.30. The Hall–Kier alpha value is -3.83. The monoisotopic (exact) mass is 576 g/mol. The van der Waals surface area contributed by atoms with Crippen molar-refractivity contribution in [3.05, 3.63) is 92.4 Å². The lowest BCUT2D eigenvalue weighted by Gasteiger charge is -2.21. The largest absolute Gasteiger partial charge is 0.338 e. The summed E-state index contributed by atoms with van der Waals surface area (Å²) in [5.41, 5.74) is 3.63. The molecule has 0 bridgehead atoms. The molecule has 1 saturated carbocycles. The van der Waals surface area contributed by atoms with Crippen molar-refractivity contribution in [3.63, 3.8) is 0 Å². The predicted octanol–water partition coefficient (Wildman–Crippen LogP) is 5.28. The fourth-order valence-electron chi connectivity index (χ4n) is 6.06. The first-order chi connectivity index (χ1) is 19.6. The molecule has 2 aliphatic heterocycles. The first kappa shape index (κ1) is 26.1. The number of hydrogen-bond donors (Lipinski definition) is 1. The molecule has 0 saturated heterocycles. The standard InChI is InChI=1S/C30H30F2N6O2S/c1-16-13-20(14-17(2)27(16)31)38-29(26-19(4)33-10-9-23(26)34-38)37-12-11-36(30(37)39)24-7-8-25-22(28(24)32)15-18(3)35-41(25,40)21-5-6-21/h7-8,11-15,19,21,33H,5-6,9-10H2,1-4H3/t19-,41?/m0/s1. The highest BCUT2D eigenvalue weighted by molar-refractivity contribution is 7.94. The number of allylic oxidation sites excluding steroid dienone is 1. The zero-order valence-corrected chi connectivity index (χ0v) is 24.1. The molecule has 41 heavy (non-hydrogen) atoms. The van der Waals surface area contributed by atoms with Gasteiger partial charge < -0.3 is 5.32 Å². The van der Waals surface area contributed by atoms with Gasteiger partial charge in [0, 0.05) is 53.5 Å². The number of benzene rings is 2. The van der Waals surface area contributed by atoms with E-state index < -0.39 is 21.2 Å². The van der Waals surface area contributed by atoms with Gasteiger partial charge in [0.15, 0.2) is 5.82 Å². The summed E-state index contributed by atoms with van der Waals surface area (Å²) in [4.78, 5) is 14.4. The van der Waals surface area contributed by atoms with Gasteiger partial charge in [0.2, 0.25) is 0 Å². The van der Waals surface area contributed by atoms with Crippen LogP contribution in [-0.4, -0.2) is 34.9 Å². The third-order valence-electron chi connectivity index (χ3n) is 8.19. The molecule has 1 unspecified atom stereocenters. The van der Waals surface area contributed by atoms with Gasteiger partial charge in [-0.2, -0.15) is 9.46 Å². The molecular formula is C30H30F2N6O2S. The van der Waals surface area contributed by atoms with Crippen molar-refractivity contribution >= 4 is 15.8 Å². The normalized spacial score (nSPS) is 21.7. The first-order valence-corrected chi connectivity index (χ1v) is 15.4. The van der Waals surface area contributed by atoms with Crippen LogP contribution >= 0.6 is 0 Å². The molecule has 4 aromatic rings. The summed E-state index contributed by atoms with van der Waals surface area (Å²) in [6, 6.07) is 6.49. The third-order valence-corrected chi connectivity index (χ3v) is 11.1. The molecule has 0 radical (unpaired) electrons. The molecule has 3 aliphatic rings. The van der Waals surface area contributed by atoms with E-state index in [0.29, 0.717) is 39.6 Å². The number of aryl methyl sites for hydroxylation is 2. The highest BCUT2D eigenvalue weighted by Crippen LogP contribution is 2.42. The van der Waals surface area contributed by atoms with Crippen LogP contribution in [0.5, 0.6) is 0 Å². The van der Waals surface area contributed by atoms with Crippen LogP contribution in [0, 0.1) is 25.5 Å². The van der Waals surface area contributed by atoms with Gasteiger partial charge in [-0.25, -0.2) is 22.5 Å². The number of nitrogens with zero attached hydrogens (tertiary/aromatic N) is 5. The summed E-state index contributed by atoms with van der Waals surface area (Å²) in [6.45, 7) is 7.87. The van der Waals surface area contributed by atoms with Gasteiger partial charge >= 0.3 is 5.69 Å². The Kier molecular flexibility index (Phi) is 5.78. The van der Waals surface area contributed by atoms with Crippen molar-refractivity contribution in [2.45, 2.75) is 63.1 Å². The topological polar surface area (TPSA) is 86.2 Å². The Bertz CT molecular complexity index is 1960. The average molecular weight is 577 g/mol. The summed E-state index contributed by atoms with van der Waals surface area (Å²) in [5, 5.41) is 8.23. The Balaban J connectivity index is 1.42. The Morgan fingerprint density at radius 1 is 1.02 bits per heavy atom. The van der Waals surface area contributed by atoms with Gasteiger partial charge in [-0.05, 0) is 82.0 Å². The molecule has 1 fully saturated rings. The molecule has 2 aromatic heterocycles. The minimum Gasteiger partial charge on any atom is -0.310 e. The van der Waals surface area contributed by atoms with Crippen LogP contribution in [-0.2, 0) is 16.1 Å². The summed E-state index contributed by atoms with van der Waals surface area (Å²) >= 11 is 0. The molecule has 8 nitrogen and oxygen atoms in total. The van der Waals surface area contributed by atoms with Crippen LogP contribution in [0.1, 0.15) is 60.7 Å². The lowest BCUT2D eigenvalue weighted by molar-refractivity contribution is 0.536. The second kappa shape index (κ2) is 9.09. The smallest absolute Gasteiger partial charge is 0.310 e. The van der Waals surface area contributed by atoms with Crippen molar-refractivity contribution in [1.82, 2.24) is 24.2 Å². The van der Waals surface area contributed by atoms with E-state index in [4.69, 9.17) is 5.10 Å². The molecule has 2 atom stereocenters. The molecule has 4 heterocycles. The summed E-state index contributed by atoms with van der Waals surface area (Å²) < 4.78 is 53.2. The van der Waals surface area contributed by atoms with Gasteiger partial charge in [-0.15, -0.1) is 0 Å². The van der Waals surface area contributed by atoms with Gasteiger partial charge in [-0.3, -0.25) is 9.13 Å². The maximum atomic E-state index is 16.1. The number of rotatable bonds is 4. The molecule has 0 amide bonds. The number of imidazole rings is 1. The molecule has 11 heteroatoms. The van der Waals surface area contributed by atoms with Crippen molar-refractivity contribution in [1.29, 1.82) is 0 Å². The van der Waals surface area contributed by atoms with Crippen LogP contribution in [0.15, 0.2) is 56.4 Å². The van der Waals surface area contributed by atoms with E-state index in [1.807, 2.05) is 6.92 Å². The first-order valence-electron chi connectivity index (χ1n) is 13.8. The zero-order valence-electron chi connectivity index (χ0n) is 23.2. The molecule has 1 N–H and O–H groups in total. The van der Waals surface area contributed by atoms with E-state index in [0.717, 1.165) is 30.6 Å². The Morgan fingerprint density at radius 2 is 1.73 bits per heavy atom. The molecule has 212 valence electrons. The second-order valence-electron chi connectivity index (χ2n) is 11.2. The van der Waals surface area contributed by atoms with Gasteiger partial charge in [0.05, 0.1) is 31.7 Å². The zero-order chi connectivity index (χ0) is 28.8. The minimum absolute atomic E-state index is 0.0653. The van der Waals surface area contributed by atoms with Crippen molar-refractivity contribution in [2.75, 3.05) is 6.54 Å². The van der Waals surface area contributed by atoms with E-state index in [9.17, 15) is 13.4 Å². The number of hydrogen-bond acceptors (Lipinski definition) is 5. The molecule has 2 aromatic carbocycles. The SMILES string of the molecule is CC1=Cc2c(ccc(-n3ccn(-c4c5c(nn4-c4cc(C)c(F)c(C)c4)CCN[C@H]5C)c3=O)c2F)S(=O)(C2CC2)=N1. The summed E-state index contributed by atoms with van der Waals surface area (Å²) in [7, 11) is -2.75. The maximum Gasteiger partial charge on any atom is 0.338 e. The van der Waals surface area contributed by atoms with Crippen LogP contribution in [0.4, 0.5) is 8.78 Å². The van der Waals surface area contributed by atoms with Crippen molar-refractivity contribution in [3.8, 4) is 17.2 Å². The summed E-state index contributed by atoms with van der Waals surface area (Å²) in [5.74, 6) is -0.366. The van der Waals surface area contributed by atoms with Crippen LogP contribution in [0.25, 0.3) is 23.3 Å². The molecule has 1 aliphatic carbocycles. The van der Waals surface area contributed by atoms with E-state index in [-0.39, 0.29) is 28.4 Å². The number of aromatic nitrogens is 4. The molecule has 0 spiro atoms. The summed E-state index contributed by atoms with van der Waals surface area (Å²) in [6.07, 6.45) is 7.01. The molecular weight excluding hydrogens is 546 g/mol. The van der Waals surface area contributed by atoms with E-state index in [1.54, 1.807) is 55.9 Å². The van der Waals surface area contributed by atoms with Gasteiger partial charge in [-0.1, -0.05) is 0 Å². The van der Waals surface area contributed by atoms with E-state index >= 15 is 4.39 Å². The number of halogens is 2. The second-order valence-corrected chi connectivity index (χ2v) is 13.6. The minimum atomic E-state index is -2.75. The highest BCUT2D eigenvalue weighted by Gasteiger charge is 2.39. The lowest BCUT2D eigenvalue weighted by atomic mass is 10.0. The Labute approximate surface area is 236 Å². The molecule has 7 rings (SSSR count).